The quantitative estimate of drug-likeness (QED) is 0.0276. The Hall–Kier alpha value is -3.18. The zero-order valence-corrected chi connectivity index (χ0v) is 68.2. The second-order valence-corrected chi connectivity index (χ2v) is 18.6. The molecular formula is C52H44Au3Na3O28S8. The molecule has 4 atom stereocenters. The summed E-state index contributed by atoms with van der Waals surface area (Å²) < 4.78 is 18.6. The van der Waals surface area contributed by atoms with E-state index in [1.54, 1.807) is 24.3 Å². The molecule has 94 heavy (non-hydrogen) atoms. The number of aliphatic hydroxyl groups excluding tert-OH is 4. The monoisotopic (exact) mass is 2030 g/mol. The second kappa shape index (κ2) is 64.5. The van der Waals surface area contributed by atoms with E-state index in [1.165, 1.54) is 100 Å². The summed E-state index contributed by atoms with van der Waals surface area (Å²) in [6.45, 7) is 4.80. The van der Waals surface area contributed by atoms with Gasteiger partial charge in [0.2, 0.25) is 0 Å². The fourth-order valence-electron chi connectivity index (χ4n) is 4.48. The van der Waals surface area contributed by atoms with Crippen molar-refractivity contribution in [3.8, 4) is 23.0 Å². The third-order valence-corrected chi connectivity index (χ3v) is 9.73. The standard InChI is InChI=1S/4C9H8O4.4C4H6O3S2.3Au.3Na/c4*1-6(10)13-8-5-3-2-4-7(8)9(11)12;4*5-2(4(7)9)1-3(6)8;;;;;;/h4*2-5H,1H3,(H,11,12);4*2,5H,1H2,(H,6,8)(H,7,9);;;;;;/q;;;;;;;;3*+3;3*+1/p-12. The number of aromatic carboxylic acids is 4. The van der Waals surface area contributed by atoms with Crippen LogP contribution in [0.4, 0.5) is 0 Å². The van der Waals surface area contributed by atoms with Gasteiger partial charge in [-0.1, -0.05) is 48.5 Å². The van der Waals surface area contributed by atoms with E-state index in [0.717, 1.165) is 0 Å². The molecule has 0 radical (unpaired) electrons. The first-order valence-electron chi connectivity index (χ1n) is 22.9. The average Bonchev–Trinajstić information content (AvgIpc) is 3.39. The van der Waals surface area contributed by atoms with Crippen molar-refractivity contribution in [2.45, 2.75) is 77.8 Å². The molecule has 4 aromatic carbocycles. The van der Waals surface area contributed by atoms with Gasteiger partial charge in [0.25, 0.3) is 0 Å². The number of rotatable bonds is 20. The minimum atomic E-state index is -1.38. The number of benzene rings is 4. The van der Waals surface area contributed by atoms with E-state index in [-0.39, 0.29) is 227 Å². The molecule has 0 aliphatic carbocycles. The summed E-state index contributed by atoms with van der Waals surface area (Å²) in [7, 11) is 0. The van der Waals surface area contributed by atoms with Crippen molar-refractivity contribution in [2.75, 3.05) is 0 Å². The van der Waals surface area contributed by atoms with Gasteiger partial charge in [0.15, 0.2) is 0 Å². The largest absolute Gasteiger partial charge is 3.00 e. The van der Waals surface area contributed by atoms with E-state index < -0.39 is 113 Å². The molecule has 0 saturated heterocycles. The normalized spacial score (nSPS) is 9.96. The van der Waals surface area contributed by atoms with E-state index in [1.807, 2.05) is 0 Å². The van der Waals surface area contributed by atoms with Crippen molar-refractivity contribution < 1.29 is 292 Å². The number of ether oxygens (including phenoxy) is 4. The van der Waals surface area contributed by atoms with E-state index in [2.05, 4.69) is 120 Å². The van der Waals surface area contributed by atoms with Crippen LogP contribution in [-0.2, 0) is 226 Å². The Morgan fingerprint density at radius 3 is 0.521 bits per heavy atom. The van der Waals surface area contributed by atoms with Crippen molar-refractivity contribution in [2.24, 2.45) is 0 Å². The SMILES string of the molecule is CC(=O)Oc1ccccc1C(=O)[O-].CC(=O)Oc1ccccc1C(=O)[O-].CC(=O)Oc1ccccc1C(=O)[O-].CC(=O)Oc1ccccc1C(=O)[O-].O=C([S-])CC(O)C(=O)[S-].O=C([S-])CC(O)C(=O)[S-].O=C([S-])CC(O)C(=O)[S-].O=C([S-])CC(O)C(=O)[S-].[Au+3].[Au+3].[Au+3].[Na+].[Na+].[Na+]. The number of para-hydroxylation sites is 4. The summed E-state index contributed by atoms with van der Waals surface area (Å²) in [6, 6.07) is 23.2. The molecule has 0 amide bonds. The predicted molar refractivity (Wildman–Crippen MR) is 310 cm³/mol. The van der Waals surface area contributed by atoms with Gasteiger partial charge in [0.1, 0.15) is 23.0 Å². The number of carboxylic acids is 4. The third-order valence-electron chi connectivity index (χ3n) is 7.97. The van der Waals surface area contributed by atoms with Crippen LogP contribution in [0.15, 0.2) is 97.1 Å². The van der Waals surface area contributed by atoms with Crippen molar-refractivity contribution >= 4 is 190 Å². The fraction of sp³-hybridized carbons (Fsp3) is 0.231. The second-order valence-electron chi connectivity index (χ2n) is 15.2. The maximum atomic E-state index is 10.6. The van der Waals surface area contributed by atoms with E-state index in [0.29, 0.717) is 0 Å². The molecule has 0 aliphatic rings. The topological polar surface area (TPSA) is 483 Å². The van der Waals surface area contributed by atoms with Crippen molar-refractivity contribution in [3.05, 3.63) is 119 Å². The van der Waals surface area contributed by atoms with Crippen LogP contribution in [0, 0.1) is 0 Å². The first kappa shape index (κ1) is 112. The minimum absolute atomic E-state index is 0. The van der Waals surface area contributed by atoms with Gasteiger partial charge < -0.3 is 218 Å². The fourth-order valence-corrected chi connectivity index (χ4v) is 5.45. The molecule has 0 fully saturated rings. The van der Waals surface area contributed by atoms with E-state index in [4.69, 9.17) is 20.4 Å². The Morgan fingerprint density at radius 1 is 0.309 bits per heavy atom. The predicted octanol–water partition coefficient (Wildman–Crippen LogP) is -13.6. The van der Waals surface area contributed by atoms with Crippen LogP contribution in [0.25, 0.3) is 0 Å². The van der Waals surface area contributed by atoms with Crippen LogP contribution in [0.2, 0.25) is 0 Å². The molecule has 0 aliphatic heterocycles. The number of hydrogen-bond donors (Lipinski definition) is 4. The summed E-state index contributed by atoms with van der Waals surface area (Å²) in [4.78, 5) is 164. The molecule has 0 bridgehead atoms. The molecule has 4 rings (SSSR count). The molecule has 0 spiro atoms. The van der Waals surface area contributed by atoms with Crippen molar-refractivity contribution in [1.82, 2.24) is 0 Å². The first-order chi connectivity index (χ1) is 40.6. The van der Waals surface area contributed by atoms with Gasteiger partial charge in [-0.2, -0.15) is 0 Å². The van der Waals surface area contributed by atoms with Gasteiger partial charge in [-0.15, -0.1) is 0 Å². The zero-order chi connectivity index (χ0) is 69.1. The molecule has 4 aromatic rings. The van der Waals surface area contributed by atoms with Gasteiger partial charge in [-0.25, -0.2) is 0 Å². The number of aliphatic hydroxyl groups is 4. The third kappa shape index (κ3) is 62.3. The molecule has 4 unspecified atom stereocenters. The van der Waals surface area contributed by atoms with Gasteiger partial charge in [-0.05, 0) is 48.5 Å². The van der Waals surface area contributed by atoms with Crippen LogP contribution in [-0.4, -0.2) is 134 Å². The summed E-state index contributed by atoms with van der Waals surface area (Å²) in [5.41, 5.74) is -0.509. The van der Waals surface area contributed by atoms with Crippen LogP contribution in [0.1, 0.15) is 94.8 Å². The van der Waals surface area contributed by atoms with Crippen molar-refractivity contribution in [3.63, 3.8) is 0 Å². The molecular weight excluding hydrogens is 1990 g/mol. The Morgan fingerprint density at radius 2 is 0.436 bits per heavy atom. The van der Waals surface area contributed by atoms with Crippen LogP contribution >= 0.6 is 0 Å². The minimum Gasteiger partial charge on any atom is -0.742 e. The summed E-state index contributed by atoms with van der Waals surface area (Å²) >= 11 is 32.4. The Bertz CT molecular complexity index is 2730. The smallest absolute Gasteiger partial charge is 0.742 e. The number of carbonyl (C=O) groups excluding carboxylic acids is 16. The summed E-state index contributed by atoms with van der Waals surface area (Å²) in [6.07, 6.45) is -6.94. The van der Waals surface area contributed by atoms with Crippen LogP contribution < -0.4 is 128 Å². The van der Waals surface area contributed by atoms with Gasteiger partial charge in [0, 0.05) is 117 Å². The van der Waals surface area contributed by atoms with Crippen LogP contribution in [0.3, 0.4) is 0 Å². The Balaban J connectivity index is -0.000000107. The Kier molecular flexibility index (Phi) is 77.0. The van der Waals surface area contributed by atoms with Crippen LogP contribution in [0.5, 0.6) is 23.0 Å². The van der Waals surface area contributed by atoms with E-state index in [9.17, 15) is 97.1 Å². The molecule has 0 heterocycles. The average molecular weight is 2030 g/mol. The molecule has 4 N–H and O–H groups in total. The molecule has 42 heteroatoms. The number of esters is 4. The van der Waals surface area contributed by atoms with Gasteiger partial charge in [-0.3, -0.25) is 19.2 Å². The molecule has 504 valence electrons. The van der Waals surface area contributed by atoms with Crippen molar-refractivity contribution in [1.29, 1.82) is 0 Å². The zero-order valence-electron chi connectivity index (χ0n) is 49.1. The number of carbonyl (C=O) groups is 16. The maximum Gasteiger partial charge on any atom is 3.00 e. The van der Waals surface area contributed by atoms with E-state index >= 15 is 0 Å². The number of carboxylic acid groups (broad SMARTS) is 4. The number of hydrogen-bond acceptors (Lipinski definition) is 36. The van der Waals surface area contributed by atoms with Gasteiger partial charge in [0.05, 0.1) is 48.3 Å². The first-order valence-corrected chi connectivity index (χ1v) is 26.2. The summed E-state index contributed by atoms with van der Waals surface area (Å²) in [5, 5.41) is 70.3. The van der Waals surface area contributed by atoms with Gasteiger partial charge >= 0.3 is 180 Å². The molecule has 0 saturated carbocycles. The molecule has 0 aromatic heterocycles. The Labute approximate surface area is 693 Å². The maximum absolute atomic E-state index is 10.6. The summed E-state index contributed by atoms with van der Waals surface area (Å²) in [5.74, 6) is -7.66. The molecule has 28 nitrogen and oxygen atoms in total.